The number of aromatic nitrogens is 3. The van der Waals surface area contributed by atoms with E-state index in [0.29, 0.717) is 31.9 Å². The van der Waals surface area contributed by atoms with Crippen molar-refractivity contribution in [1.82, 2.24) is 19.7 Å². The minimum absolute atomic E-state index is 0.0125. The quantitative estimate of drug-likeness (QED) is 0.817. The van der Waals surface area contributed by atoms with Crippen LogP contribution in [0.4, 0.5) is 0 Å². The van der Waals surface area contributed by atoms with Gasteiger partial charge >= 0.3 is 0 Å². The number of ether oxygens (including phenoxy) is 1. The average Bonchev–Trinajstić information content (AvgIpc) is 2.94. The first-order chi connectivity index (χ1) is 9.74. The van der Waals surface area contributed by atoms with Gasteiger partial charge in [-0.1, -0.05) is 0 Å². The number of hydrogen-bond acceptors (Lipinski definition) is 4. The van der Waals surface area contributed by atoms with Gasteiger partial charge in [0.05, 0.1) is 30.7 Å². The number of nitrogens with zero attached hydrogens (tertiary/aromatic N) is 4. The molecule has 104 valence electrons. The molecule has 1 saturated heterocycles. The van der Waals surface area contributed by atoms with Gasteiger partial charge in [0.15, 0.2) is 0 Å². The molecule has 20 heavy (non-hydrogen) atoms. The van der Waals surface area contributed by atoms with Gasteiger partial charge in [0.25, 0.3) is 5.91 Å². The van der Waals surface area contributed by atoms with E-state index in [1.807, 2.05) is 25.4 Å². The molecule has 0 saturated carbocycles. The zero-order chi connectivity index (χ0) is 13.9. The first-order valence-corrected chi connectivity index (χ1v) is 6.56. The minimum Gasteiger partial charge on any atom is -0.378 e. The van der Waals surface area contributed by atoms with E-state index in [4.69, 9.17) is 4.74 Å². The highest BCUT2D eigenvalue weighted by Gasteiger charge is 2.18. The molecule has 0 bridgehead atoms. The highest BCUT2D eigenvalue weighted by Crippen LogP contribution is 2.16. The normalized spacial score (nSPS) is 15.3. The third-order valence-electron chi connectivity index (χ3n) is 3.31. The second-order valence-corrected chi connectivity index (χ2v) is 4.74. The minimum atomic E-state index is 0.0125. The second-order valence-electron chi connectivity index (χ2n) is 4.74. The molecule has 1 fully saturated rings. The van der Waals surface area contributed by atoms with Crippen LogP contribution in [0, 0.1) is 0 Å². The van der Waals surface area contributed by atoms with Crippen LogP contribution in [-0.2, 0) is 11.8 Å². The number of morpholine rings is 1. The maximum atomic E-state index is 12.3. The number of carbonyl (C=O) groups is 1. The lowest BCUT2D eigenvalue weighted by Crippen LogP contribution is -2.40. The van der Waals surface area contributed by atoms with Gasteiger partial charge in [-0.25, -0.2) is 0 Å². The van der Waals surface area contributed by atoms with Crippen molar-refractivity contribution in [3.8, 4) is 11.3 Å². The zero-order valence-corrected chi connectivity index (χ0v) is 11.3. The maximum Gasteiger partial charge on any atom is 0.255 e. The highest BCUT2D eigenvalue weighted by molar-refractivity contribution is 5.94. The molecule has 0 aliphatic carbocycles. The summed E-state index contributed by atoms with van der Waals surface area (Å²) in [7, 11) is 1.86. The van der Waals surface area contributed by atoms with Crippen molar-refractivity contribution in [2.75, 3.05) is 26.3 Å². The van der Waals surface area contributed by atoms with E-state index < -0.39 is 0 Å². The zero-order valence-electron chi connectivity index (χ0n) is 11.3. The monoisotopic (exact) mass is 272 g/mol. The van der Waals surface area contributed by atoms with E-state index in [1.165, 1.54) is 0 Å². The second kappa shape index (κ2) is 5.42. The summed E-state index contributed by atoms with van der Waals surface area (Å²) in [5, 5.41) is 4.11. The van der Waals surface area contributed by atoms with Crippen molar-refractivity contribution in [1.29, 1.82) is 0 Å². The van der Waals surface area contributed by atoms with Crippen LogP contribution in [0.3, 0.4) is 0 Å². The maximum absolute atomic E-state index is 12.3. The number of aryl methyl sites for hydroxylation is 1. The van der Waals surface area contributed by atoms with E-state index in [1.54, 1.807) is 22.0 Å². The van der Waals surface area contributed by atoms with Gasteiger partial charge in [-0.3, -0.25) is 14.5 Å². The molecule has 0 aromatic carbocycles. The summed E-state index contributed by atoms with van der Waals surface area (Å²) in [6.45, 7) is 2.49. The molecule has 3 rings (SSSR count). The Bertz CT molecular complexity index is 600. The predicted molar refractivity (Wildman–Crippen MR) is 73.2 cm³/mol. The van der Waals surface area contributed by atoms with Crippen LogP contribution in [0.15, 0.2) is 30.7 Å². The molecule has 6 nitrogen and oxygen atoms in total. The number of carbonyl (C=O) groups excluding carboxylic acids is 1. The fourth-order valence-electron chi connectivity index (χ4n) is 2.19. The summed E-state index contributed by atoms with van der Waals surface area (Å²) in [5.74, 6) is 0.0125. The van der Waals surface area contributed by atoms with E-state index in [2.05, 4.69) is 10.1 Å². The SMILES string of the molecule is Cn1cc(-c2ccc(C(=O)N3CCOCC3)cn2)cn1. The Balaban J connectivity index is 1.77. The smallest absolute Gasteiger partial charge is 0.255 e. The van der Waals surface area contributed by atoms with Gasteiger partial charge < -0.3 is 9.64 Å². The van der Waals surface area contributed by atoms with Gasteiger partial charge in [-0.2, -0.15) is 5.10 Å². The van der Waals surface area contributed by atoms with E-state index in [9.17, 15) is 4.79 Å². The molecule has 2 aromatic rings. The molecule has 1 aliphatic heterocycles. The standard InChI is InChI=1S/C14H16N4O2/c1-17-10-12(9-16-17)13-3-2-11(8-15-13)14(19)18-4-6-20-7-5-18/h2-3,8-10H,4-7H2,1H3. The summed E-state index contributed by atoms with van der Waals surface area (Å²) < 4.78 is 6.97. The number of rotatable bonds is 2. The molecule has 3 heterocycles. The molecule has 1 aliphatic rings. The Hall–Kier alpha value is -2.21. The Kier molecular flexibility index (Phi) is 3.47. The molecule has 0 unspecified atom stereocenters. The van der Waals surface area contributed by atoms with Crippen LogP contribution in [0.2, 0.25) is 0 Å². The number of amides is 1. The summed E-state index contributed by atoms with van der Waals surface area (Å²) >= 11 is 0. The van der Waals surface area contributed by atoms with Gasteiger partial charge in [0.1, 0.15) is 0 Å². The lowest BCUT2D eigenvalue weighted by atomic mass is 10.2. The van der Waals surface area contributed by atoms with Gasteiger partial charge in [-0.05, 0) is 12.1 Å². The van der Waals surface area contributed by atoms with Crippen LogP contribution in [0.25, 0.3) is 11.3 Å². The van der Waals surface area contributed by atoms with E-state index in [-0.39, 0.29) is 5.91 Å². The summed E-state index contributed by atoms with van der Waals surface area (Å²) in [6.07, 6.45) is 5.28. The predicted octanol–water partition coefficient (Wildman–Crippen LogP) is 0.955. The van der Waals surface area contributed by atoms with Gasteiger partial charge in [0, 0.05) is 38.1 Å². The number of hydrogen-bond donors (Lipinski definition) is 0. The van der Waals surface area contributed by atoms with E-state index >= 15 is 0 Å². The fourth-order valence-corrected chi connectivity index (χ4v) is 2.19. The van der Waals surface area contributed by atoms with Gasteiger partial charge in [-0.15, -0.1) is 0 Å². The van der Waals surface area contributed by atoms with Crippen LogP contribution in [0.1, 0.15) is 10.4 Å². The molecule has 6 heteroatoms. The van der Waals surface area contributed by atoms with Crippen LogP contribution in [-0.4, -0.2) is 51.9 Å². The van der Waals surface area contributed by atoms with Crippen LogP contribution < -0.4 is 0 Å². The molecule has 0 N–H and O–H groups in total. The molecular weight excluding hydrogens is 256 g/mol. The molecule has 0 atom stereocenters. The summed E-state index contributed by atoms with van der Waals surface area (Å²) in [4.78, 5) is 18.4. The lowest BCUT2D eigenvalue weighted by molar-refractivity contribution is 0.0302. The van der Waals surface area contributed by atoms with Crippen molar-refractivity contribution >= 4 is 5.91 Å². The topological polar surface area (TPSA) is 60.2 Å². The van der Waals surface area contributed by atoms with Crippen molar-refractivity contribution in [3.63, 3.8) is 0 Å². The highest BCUT2D eigenvalue weighted by atomic mass is 16.5. The Morgan fingerprint density at radius 2 is 2.05 bits per heavy atom. The first kappa shape index (κ1) is 12.8. The third-order valence-corrected chi connectivity index (χ3v) is 3.31. The van der Waals surface area contributed by atoms with Crippen molar-refractivity contribution in [2.45, 2.75) is 0 Å². The number of pyridine rings is 1. The molecule has 0 radical (unpaired) electrons. The Labute approximate surface area is 117 Å². The third kappa shape index (κ3) is 2.55. The summed E-state index contributed by atoms with van der Waals surface area (Å²) in [5.41, 5.74) is 2.37. The van der Waals surface area contributed by atoms with Gasteiger partial charge in [0.2, 0.25) is 0 Å². The molecule has 0 spiro atoms. The average molecular weight is 272 g/mol. The summed E-state index contributed by atoms with van der Waals surface area (Å²) in [6, 6.07) is 3.66. The lowest BCUT2D eigenvalue weighted by Gasteiger charge is -2.26. The Morgan fingerprint density at radius 3 is 2.65 bits per heavy atom. The largest absolute Gasteiger partial charge is 0.378 e. The first-order valence-electron chi connectivity index (χ1n) is 6.56. The molecule has 2 aromatic heterocycles. The van der Waals surface area contributed by atoms with Crippen molar-refractivity contribution in [3.05, 3.63) is 36.3 Å². The van der Waals surface area contributed by atoms with Crippen LogP contribution >= 0.6 is 0 Å². The Morgan fingerprint density at radius 1 is 1.25 bits per heavy atom. The van der Waals surface area contributed by atoms with Crippen molar-refractivity contribution in [2.24, 2.45) is 7.05 Å². The van der Waals surface area contributed by atoms with Crippen LogP contribution in [0.5, 0.6) is 0 Å². The van der Waals surface area contributed by atoms with Crippen molar-refractivity contribution < 1.29 is 9.53 Å². The molecule has 1 amide bonds. The fraction of sp³-hybridized carbons (Fsp3) is 0.357. The molecular formula is C14H16N4O2. The van der Waals surface area contributed by atoms with E-state index in [0.717, 1.165) is 11.3 Å².